The first kappa shape index (κ1) is 10.2. The first-order valence-electron chi connectivity index (χ1n) is 4.57. The Morgan fingerprint density at radius 1 is 1.20 bits per heavy atom. The number of benzene rings is 1. The average Bonchev–Trinajstić information content (AvgIpc) is 2.76. The zero-order valence-corrected chi connectivity index (χ0v) is 8.91. The van der Waals surface area contributed by atoms with E-state index in [9.17, 15) is 0 Å². The normalized spacial score (nSPS) is 10.5. The lowest BCUT2D eigenvalue weighted by Crippen LogP contribution is -1.95. The number of nitrogens with two attached hydrogens (primary N) is 1. The Kier molecular flexibility index (Phi) is 3.37. The van der Waals surface area contributed by atoms with E-state index in [2.05, 4.69) is 22.3 Å². The summed E-state index contributed by atoms with van der Waals surface area (Å²) in [6.45, 7) is 0.291. The average molecular weight is 221 g/mol. The van der Waals surface area contributed by atoms with E-state index in [1.165, 1.54) is 17.3 Å². The number of nitrogens with zero attached hydrogens (tertiary/aromatic N) is 2. The highest BCUT2D eigenvalue weighted by Crippen LogP contribution is 2.20. The molecule has 0 saturated heterocycles. The number of hydrogen-bond acceptors (Lipinski definition) is 5. The number of hydrogen-bond donors (Lipinski definition) is 1. The second kappa shape index (κ2) is 4.95. The highest BCUT2D eigenvalue weighted by molar-refractivity contribution is 7.98. The van der Waals surface area contributed by atoms with Gasteiger partial charge in [-0.1, -0.05) is 42.1 Å². The van der Waals surface area contributed by atoms with E-state index in [4.69, 9.17) is 10.2 Å². The number of rotatable bonds is 4. The summed E-state index contributed by atoms with van der Waals surface area (Å²) in [7, 11) is 0. The highest BCUT2D eigenvalue weighted by Gasteiger charge is 2.04. The van der Waals surface area contributed by atoms with Crippen molar-refractivity contribution in [1.29, 1.82) is 0 Å². The molecule has 0 radical (unpaired) electrons. The maximum Gasteiger partial charge on any atom is 0.276 e. The van der Waals surface area contributed by atoms with Gasteiger partial charge < -0.3 is 10.2 Å². The molecule has 0 spiro atoms. The predicted molar refractivity (Wildman–Crippen MR) is 58.2 cm³/mol. The lowest BCUT2D eigenvalue weighted by Gasteiger charge is -1.96. The van der Waals surface area contributed by atoms with E-state index < -0.39 is 0 Å². The SMILES string of the molecule is NCc1nnc(SCc2ccccc2)o1. The molecular formula is C10H11N3OS. The van der Waals surface area contributed by atoms with Crippen LogP contribution in [0.2, 0.25) is 0 Å². The zero-order valence-electron chi connectivity index (χ0n) is 8.09. The summed E-state index contributed by atoms with van der Waals surface area (Å²) in [5.41, 5.74) is 6.60. The van der Waals surface area contributed by atoms with Crippen molar-refractivity contribution in [2.75, 3.05) is 0 Å². The van der Waals surface area contributed by atoms with Gasteiger partial charge in [-0.15, -0.1) is 10.2 Å². The van der Waals surface area contributed by atoms with E-state index in [0.717, 1.165) is 5.75 Å². The topological polar surface area (TPSA) is 64.9 Å². The second-order valence-electron chi connectivity index (χ2n) is 2.94. The quantitative estimate of drug-likeness (QED) is 0.798. The molecule has 2 N–H and O–H groups in total. The Morgan fingerprint density at radius 3 is 2.67 bits per heavy atom. The van der Waals surface area contributed by atoms with Gasteiger partial charge in [0, 0.05) is 5.75 Å². The zero-order chi connectivity index (χ0) is 10.5. The number of aromatic nitrogens is 2. The van der Waals surface area contributed by atoms with Crippen LogP contribution < -0.4 is 5.73 Å². The fraction of sp³-hybridized carbons (Fsp3) is 0.200. The van der Waals surface area contributed by atoms with E-state index in [0.29, 0.717) is 17.7 Å². The van der Waals surface area contributed by atoms with Crippen molar-refractivity contribution in [2.45, 2.75) is 17.5 Å². The standard InChI is InChI=1S/C10H11N3OS/c11-6-9-12-13-10(14-9)15-7-8-4-2-1-3-5-8/h1-5H,6-7,11H2. The molecule has 0 amide bonds. The second-order valence-corrected chi connectivity index (χ2v) is 3.87. The van der Waals surface area contributed by atoms with Crippen LogP contribution in [0, 0.1) is 0 Å². The summed E-state index contributed by atoms with van der Waals surface area (Å²) in [4.78, 5) is 0. The Balaban J connectivity index is 1.93. The molecule has 0 saturated carbocycles. The van der Waals surface area contributed by atoms with Crippen LogP contribution in [0.5, 0.6) is 0 Å². The van der Waals surface area contributed by atoms with Gasteiger partial charge in [-0.05, 0) is 5.56 Å². The Morgan fingerprint density at radius 2 is 2.00 bits per heavy atom. The van der Waals surface area contributed by atoms with Crippen LogP contribution in [-0.4, -0.2) is 10.2 Å². The van der Waals surface area contributed by atoms with Crippen LogP contribution in [0.25, 0.3) is 0 Å². The molecule has 0 fully saturated rings. The van der Waals surface area contributed by atoms with Crippen LogP contribution in [0.3, 0.4) is 0 Å². The van der Waals surface area contributed by atoms with Crippen molar-refractivity contribution in [1.82, 2.24) is 10.2 Å². The van der Waals surface area contributed by atoms with E-state index in [-0.39, 0.29) is 0 Å². The van der Waals surface area contributed by atoms with E-state index >= 15 is 0 Å². The molecule has 5 heteroatoms. The van der Waals surface area contributed by atoms with Gasteiger partial charge in [0.15, 0.2) is 0 Å². The van der Waals surface area contributed by atoms with Gasteiger partial charge in [0.2, 0.25) is 5.89 Å². The fourth-order valence-corrected chi connectivity index (χ4v) is 1.83. The molecule has 2 aromatic rings. The third-order valence-electron chi connectivity index (χ3n) is 1.83. The van der Waals surface area contributed by atoms with E-state index in [1.54, 1.807) is 0 Å². The smallest absolute Gasteiger partial charge is 0.276 e. The molecule has 0 aliphatic carbocycles. The van der Waals surface area contributed by atoms with Gasteiger partial charge in [0.25, 0.3) is 5.22 Å². The lowest BCUT2D eigenvalue weighted by atomic mass is 10.2. The van der Waals surface area contributed by atoms with Gasteiger partial charge in [0.05, 0.1) is 6.54 Å². The maximum absolute atomic E-state index is 5.36. The molecule has 2 rings (SSSR count). The minimum absolute atomic E-state index is 0.291. The van der Waals surface area contributed by atoms with Crippen molar-refractivity contribution >= 4 is 11.8 Å². The first-order chi connectivity index (χ1) is 7.38. The van der Waals surface area contributed by atoms with Crippen LogP contribution >= 0.6 is 11.8 Å². The molecule has 0 aliphatic rings. The first-order valence-corrected chi connectivity index (χ1v) is 5.56. The van der Waals surface area contributed by atoms with Gasteiger partial charge in [0.1, 0.15) is 0 Å². The summed E-state index contributed by atoms with van der Waals surface area (Å²) < 4.78 is 5.27. The molecule has 1 aromatic heterocycles. The Labute approximate surface area is 91.9 Å². The molecule has 0 unspecified atom stereocenters. The number of thioether (sulfide) groups is 1. The van der Waals surface area contributed by atoms with Crippen LogP contribution in [0.4, 0.5) is 0 Å². The van der Waals surface area contributed by atoms with Crippen molar-refractivity contribution in [2.24, 2.45) is 5.73 Å². The van der Waals surface area contributed by atoms with Crippen molar-refractivity contribution < 1.29 is 4.42 Å². The molecule has 0 aliphatic heterocycles. The molecule has 1 heterocycles. The molecule has 1 aromatic carbocycles. The third-order valence-corrected chi connectivity index (χ3v) is 2.72. The van der Waals surface area contributed by atoms with E-state index in [1.807, 2.05) is 18.2 Å². The van der Waals surface area contributed by atoms with Crippen molar-refractivity contribution in [3.8, 4) is 0 Å². The monoisotopic (exact) mass is 221 g/mol. The predicted octanol–water partition coefficient (Wildman–Crippen LogP) is 1.82. The van der Waals surface area contributed by atoms with Crippen LogP contribution in [0.1, 0.15) is 11.5 Å². The summed E-state index contributed by atoms with van der Waals surface area (Å²) >= 11 is 1.51. The maximum atomic E-state index is 5.36. The summed E-state index contributed by atoms with van der Waals surface area (Å²) in [6, 6.07) is 10.1. The van der Waals surface area contributed by atoms with Crippen molar-refractivity contribution in [3.05, 3.63) is 41.8 Å². The Hall–Kier alpha value is -1.33. The minimum Gasteiger partial charge on any atom is -0.415 e. The van der Waals surface area contributed by atoms with Crippen LogP contribution in [-0.2, 0) is 12.3 Å². The summed E-state index contributed by atoms with van der Waals surface area (Å²) in [5, 5.41) is 8.22. The van der Waals surface area contributed by atoms with Gasteiger partial charge in [-0.25, -0.2) is 0 Å². The van der Waals surface area contributed by atoms with Crippen molar-refractivity contribution in [3.63, 3.8) is 0 Å². The highest BCUT2D eigenvalue weighted by atomic mass is 32.2. The van der Waals surface area contributed by atoms with Gasteiger partial charge in [-0.2, -0.15) is 0 Å². The largest absolute Gasteiger partial charge is 0.415 e. The summed E-state index contributed by atoms with van der Waals surface area (Å²) in [6.07, 6.45) is 0. The minimum atomic E-state index is 0.291. The molecule has 4 nitrogen and oxygen atoms in total. The molecule has 0 bridgehead atoms. The molecular weight excluding hydrogens is 210 g/mol. The van der Waals surface area contributed by atoms with Gasteiger partial charge >= 0.3 is 0 Å². The fourth-order valence-electron chi connectivity index (χ4n) is 1.10. The van der Waals surface area contributed by atoms with Crippen LogP contribution in [0.15, 0.2) is 40.0 Å². The molecule has 15 heavy (non-hydrogen) atoms. The lowest BCUT2D eigenvalue weighted by molar-refractivity contribution is 0.415. The third kappa shape index (κ3) is 2.81. The molecule has 78 valence electrons. The molecule has 0 atom stereocenters. The van der Waals surface area contributed by atoms with Gasteiger partial charge in [-0.3, -0.25) is 0 Å². The summed E-state index contributed by atoms with van der Waals surface area (Å²) in [5.74, 6) is 1.30. The Bertz CT molecular complexity index is 416.